The molecule has 128 valence electrons. The van der Waals surface area contributed by atoms with Gasteiger partial charge in [-0.15, -0.1) is 0 Å². The lowest BCUT2D eigenvalue weighted by Gasteiger charge is -2.29. The van der Waals surface area contributed by atoms with Crippen LogP contribution in [-0.4, -0.2) is 27.5 Å². The summed E-state index contributed by atoms with van der Waals surface area (Å²) in [5, 5.41) is 3.39. The van der Waals surface area contributed by atoms with Crippen LogP contribution in [0.25, 0.3) is 0 Å². The van der Waals surface area contributed by atoms with Crippen molar-refractivity contribution in [2.75, 3.05) is 17.4 Å². The van der Waals surface area contributed by atoms with Gasteiger partial charge < -0.3 is 5.32 Å². The van der Waals surface area contributed by atoms with Crippen molar-refractivity contribution in [3.8, 4) is 0 Å². The Labute approximate surface area is 144 Å². The number of benzene rings is 2. The monoisotopic (exact) mass is 344 g/mol. The van der Waals surface area contributed by atoms with Gasteiger partial charge >= 0.3 is 0 Å². The molecule has 1 N–H and O–H groups in total. The zero-order valence-corrected chi connectivity index (χ0v) is 15.0. The lowest BCUT2D eigenvalue weighted by atomic mass is 10.0. The van der Waals surface area contributed by atoms with E-state index in [-0.39, 0.29) is 6.04 Å². The van der Waals surface area contributed by atoms with Gasteiger partial charge in [-0.3, -0.25) is 4.31 Å². The van der Waals surface area contributed by atoms with Crippen LogP contribution in [0.3, 0.4) is 0 Å². The molecular weight excluding hydrogens is 320 g/mol. The molecule has 2 aromatic rings. The van der Waals surface area contributed by atoms with Gasteiger partial charge in [0.2, 0.25) is 0 Å². The Hall–Kier alpha value is -1.85. The molecule has 24 heavy (non-hydrogen) atoms. The van der Waals surface area contributed by atoms with E-state index in [2.05, 4.69) is 11.4 Å². The minimum atomic E-state index is -3.57. The summed E-state index contributed by atoms with van der Waals surface area (Å²) >= 11 is 0. The predicted molar refractivity (Wildman–Crippen MR) is 98.0 cm³/mol. The molecule has 0 saturated carbocycles. The van der Waals surface area contributed by atoms with Crippen LogP contribution < -0.4 is 9.62 Å². The van der Waals surface area contributed by atoms with Gasteiger partial charge in [0.15, 0.2) is 0 Å². The van der Waals surface area contributed by atoms with Crippen molar-refractivity contribution in [1.82, 2.24) is 5.32 Å². The van der Waals surface area contributed by atoms with Gasteiger partial charge in [-0.25, -0.2) is 8.42 Å². The first-order chi connectivity index (χ1) is 11.5. The van der Waals surface area contributed by atoms with Crippen LogP contribution in [0.15, 0.2) is 53.4 Å². The number of hydrogen-bond acceptors (Lipinski definition) is 3. The van der Waals surface area contributed by atoms with Gasteiger partial charge in [0, 0.05) is 6.04 Å². The fourth-order valence-corrected chi connectivity index (χ4v) is 4.89. The van der Waals surface area contributed by atoms with Gasteiger partial charge in [-0.05, 0) is 75.2 Å². The summed E-state index contributed by atoms with van der Waals surface area (Å²) in [7, 11) is -3.57. The number of rotatable bonds is 4. The van der Waals surface area contributed by atoms with Crippen LogP contribution in [0.1, 0.15) is 25.0 Å². The Kier molecular flexibility index (Phi) is 4.92. The third kappa shape index (κ3) is 3.32. The lowest BCUT2D eigenvalue weighted by molar-refractivity contribution is 0.584. The molecule has 0 radical (unpaired) electrons. The molecule has 0 saturated heterocycles. The van der Waals surface area contributed by atoms with Crippen LogP contribution in [0.2, 0.25) is 0 Å². The highest BCUT2D eigenvalue weighted by Gasteiger charge is 2.27. The van der Waals surface area contributed by atoms with E-state index in [0.717, 1.165) is 31.6 Å². The highest BCUT2D eigenvalue weighted by molar-refractivity contribution is 7.92. The van der Waals surface area contributed by atoms with Gasteiger partial charge in [0.25, 0.3) is 10.0 Å². The molecule has 0 fully saturated rings. The molecule has 0 atom stereocenters. The highest BCUT2D eigenvalue weighted by Crippen LogP contribution is 2.28. The van der Waals surface area contributed by atoms with Crippen molar-refractivity contribution in [2.24, 2.45) is 0 Å². The highest BCUT2D eigenvalue weighted by atomic mass is 32.2. The number of nitrogens with zero attached hydrogens (tertiary/aromatic N) is 1. The fraction of sp³-hybridized carbons (Fsp3) is 0.368. The minimum Gasteiger partial charge on any atom is -0.316 e. The zero-order valence-electron chi connectivity index (χ0n) is 14.2. The fourth-order valence-electron chi connectivity index (χ4n) is 3.22. The maximum absolute atomic E-state index is 13.1. The van der Waals surface area contributed by atoms with Crippen molar-refractivity contribution < 1.29 is 8.42 Å². The van der Waals surface area contributed by atoms with Gasteiger partial charge in [0.1, 0.15) is 0 Å². The maximum Gasteiger partial charge on any atom is 0.264 e. The van der Waals surface area contributed by atoms with E-state index in [1.165, 1.54) is 15.4 Å². The molecule has 4 nitrogen and oxygen atoms in total. The summed E-state index contributed by atoms with van der Waals surface area (Å²) in [6.45, 7) is 5.73. The standard InChI is InChI=1S/C19H24N2O2S/c1-15(2)21(24(22,23)19-6-4-3-5-7-19)18-9-8-16-10-12-20-13-11-17(16)14-18/h3-9,14-15,20H,10-13H2,1-2H3. The van der Waals surface area contributed by atoms with E-state index in [9.17, 15) is 8.42 Å². The third-order valence-corrected chi connectivity index (χ3v) is 6.37. The molecule has 1 aliphatic rings. The molecule has 5 heteroatoms. The van der Waals surface area contributed by atoms with Crippen molar-refractivity contribution in [3.05, 3.63) is 59.7 Å². The summed E-state index contributed by atoms with van der Waals surface area (Å²) < 4.78 is 27.8. The molecule has 0 aromatic heterocycles. The Morgan fingerprint density at radius 2 is 1.62 bits per heavy atom. The smallest absolute Gasteiger partial charge is 0.264 e. The second-order valence-electron chi connectivity index (χ2n) is 6.41. The average Bonchev–Trinajstić information content (AvgIpc) is 2.80. The van der Waals surface area contributed by atoms with Crippen LogP contribution in [-0.2, 0) is 22.9 Å². The predicted octanol–water partition coefficient (Wildman–Crippen LogP) is 2.98. The first-order valence-corrected chi connectivity index (χ1v) is 9.86. The summed E-state index contributed by atoms with van der Waals surface area (Å²) in [6, 6.07) is 14.5. The van der Waals surface area contributed by atoms with Crippen molar-refractivity contribution in [1.29, 1.82) is 0 Å². The molecule has 0 amide bonds. The van der Waals surface area contributed by atoms with Crippen molar-refractivity contribution in [2.45, 2.75) is 37.6 Å². The largest absolute Gasteiger partial charge is 0.316 e. The number of sulfonamides is 1. The van der Waals surface area contributed by atoms with Crippen LogP contribution in [0.4, 0.5) is 5.69 Å². The number of hydrogen-bond donors (Lipinski definition) is 1. The molecule has 1 heterocycles. The summed E-state index contributed by atoms with van der Waals surface area (Å²) in [5.41, 5.74) is 3.30. The second-order valence-corrected chi connectivity index (χ2v) is 8.23. The first kappa shape index (κ1) is 17.0. The molecule has 3 rings (SSSR count). The molecule has 0 unspecified atom stereocenters. The zero-order chi connectivity index (χ0) is 17.2. The molecule has 2 aromatic carbocycles. The number of anilines is 1. The van der Waals surface area contributed by atoms with E-state index < -0.39 is 10.0 Å². The Balaban J connectivity index is 2.05. The van der Waals surface area contributed by atoms with Crippen molar-refractivity contribution in [3.63, 3.8) is 0 Å². The average molecular weight is 344 g/mol. The number of nitrogens with one attached hydrogen (secondary N) is 1. The first-order valence-electron chi connectivity index (χ1n) is 8.42. The quantitative estimate of drug-likeness (QED) is 0.928. The van der Waals surface area contributed by atoms with E-state index in [1.807, 2.05) is 32.0 Å². The van der Waals surface area contributed by atoms with Crippen molar-refractivity contribution >= 4 is 15.7 Å². The molecular formula is C19H24N2O2S. The molecule has 0 spiro atoms. The normalized spacial score (nSPS) is 15.0. The lowest BCUT2D eigenvalue weighted by Crippen LogP contribution is -2.37. The Morgan fingerprint density at radius 3 is 2.29 bits per heavy atom. The summed E-state index contributed by atoms with van der Waals surface area (Å²) in [6.07, 6.45) is 1.92. The van der Waals surface area contributed by atoms with Gasteiger partial charge in [-0.2, -0.15) is 0 Å². The van der Waals surface area contributed by atoms with Crippen LogP contribution in [0.5, 0.6) is 0 Å². The van der Waals surface area contributed by atoms with E-state index >= 15 is 0 Å². The van der Waals surface area contributed by atoms with E-state index in [4.69, 9.17) is 0 Å². The van der Waals surface area contributed by atoms with Gasteiger partial charge in [-0.1, -0.05) is 24.3 Å². The third-order valence-electron chi connectivity index (χ3n) is 4.36. The summed E-state index contributed by atoms with van der Waals surface area (Å²) in [5.74, 6) is 0. The Morgan fingerprint density at radius 1 is 0.958 bits per heavy atom. The van der Waals surface area contributed by atoms with E-state index in [0.29, 0.717) is 4.90 Å². The van der Waals surface area contributed by atoms with Crippen LogP contribution in [0, 0.1) is 0 Å². The SMILES string of the molecule is CC(C)N(c1ccc2c(c1)CCNCC2)S(=O)(=O)c1ccccc1. The Bertz CT molecular complexity index is 801. The second kappa shape index (κ2) is 6.95. The number of fused-ring (bicyclic) bond motifs is 1. The molecule has 0 aliphatic carbocycles. The van der Waals surface area contributed by atoms with Crippen LogP contribution >= 0.6 is 0 Å². The minimum absolute atomic E-state index is 0.155. The molecule has 1 aliphatic heterocycles. The molecule has 0 bridgehead atoms. The van der Waals surface area contributed by atoms with Gasteiger partial charge in [0.05, 0.1) is 10.6 Å². The summed E-state index contributed by atoms with van der Waals surface area (Å²) in [4.78, 5) is 0.329. The maximum atomic E-state index is 13.1. The van der Waals surface area contributed by atoms with E-state index in [1.54, 1.807) is 24.3 Å². The topological polar surface area (TPSA) is 49.4 Å².